The molecule has 0 spiro atoms. The molecule has 0 radical (unpaired) electrons. The van der Waals surface area contributed by atoms with Gasteiger partial charge in [-0.1, -0.05) is 12.1 Å². The molecule has 0 saturated carbocycles. The number of benzene rings is 1. The molecule has 90 valence electrons. The lowest BCUT2D eigenvalue weighted by Gasteiger charge is -2.09. The summed E-state index contributed by atoms with van der Waals surface area (Å²) in [5.41, 5.74) is 2.36. The predicted molar refractivity (Wildman–Crippen MR) is 72.0 cm³/mol. The van der Waals surface area contributed by atoms with Crippen LogP contribution in [0.5, 0.6) is 0 Å². The van der Waals surface area contributed by atoms with Gasteiger partial charge in [0, 0.05) is 10.1 Å². The zero-order chi connectivity index (χ0) is 12.6. The number of thiophene rings is 1. The van der Waals surface area contributed by atoms with Crippen LogP contribution in [-0.4, -0.2) is 17.1 Å². The van der Waals surface area contributed by atoms with Crippen molar-refractivity contribution >= 4 is 32.4 Å². The molecule has 3 nitrogen and oxygen atoms in total. The van der Waals surface area contributed by atoms with E-state index in [2.05, 4.69) is 24.4 Å². The molecular formula is C13H15NO2S. The average Bonchev–Trinajstić information content (AvgIpc) is 2.57. The Morgan fingerprint density at radius 2 is 2.12 bits per heavy atom. The first kappa shape index (κ1) is 11.9. The van der Waals surface area contributed by atoms with Crippen LogP contribution in [-0.2, 0) is 4.79 Å². The Balaban J connectivity index is 2.46. The van der Waals surface area contributed by atoms with Gasteiger partial charge >= 0.3 is 5.97 Å². The number of carbonyl (C=O) groups is 1. The van der Waals surface area contributed by atoms with Gasteiger partial charge < -0.3 is 10.4 Å². The van der Waals surface area contributed by atoms with Gasteiger partial charge in [-0.15, -0.1) is 11.3 Å². The highest BCUT2D eigenvalue weighted by atomic mass is 32.1. The maximum atomic E-state index is 10.8. The van der Waals surface area contributed by atoms with Gasteiger partial charge in [-0.2, -0.15) is 0 Å². The summed E-state index contributed by atoms with van der Waals surface area (Å²) in [6.45, 7) is 5.76. The van der Waals surface area contributed by atoms with Gasteiger partial charge in [-0.3, -0.25) is 4.79 Å². The number of carboxylic acids is 1. The van der Waals surface area contributed by atoms with E-state index in [1.807, 2.05) is 13.0 Å². The van der Waals surface area contributed by atoms with Crippen LogP contribution >= 0.6 is 11.3 Å². The summed E-state index contributed by atoms with van der Waals surface area (Å²) >= 11 is 1.61. The number of fused-ring (bicyclic) bond motifs is 1. The Morgan fingerprint density at radius 3 is 2.71 bits per heavy atom. The first-order valence-corrected chi connectivity index (χ1v) is 6.30. The zero-order valence-corrected chi connectivity index (χ0v) is 10.9. The molecule has 17 heavy (non-hydrogen) atoms. The van der Waals surface area contributed by atoms with Crippen molar-refractivity contribution in [3.05, 3.63) is 29.3 Å². The largest absolute Gasteiger partial charge is 0.480 e. The van der Waals surface area contributed by atoms with Gasteiger partial charge in [0.2, 0.25) is 0 Å². The van der Waals surface area contributed by atoms with Crippen LogP contribution in [0.1, 0.15) is 18.1 Å². The maximum absolute atomic E-state index is 10.8. The summed E-state index contributed by atoms with van der Waals surface area (Å²) in [5, 5.41) is 14.1. The molecule has 0 bridgehead atoms. The van der Waals surface area contributed by atoms with Crippen LogP contribution < -0.4 is 5.32 Å². The Hall–Kier alpha value is -1.55. The lowest BCUT2D eigenvalue weighted by Crippen LogP contribution is -2.25. The van der Waals surface area contributed by atoms with Gasteiger partial charge in [0.05, 0.1) is 5.00 Å². The van der Waals surface area contributed by atoms with Gasteiger partial charge in [-0.25, -0.2) is 0 Å². The minimum Gasteiger partial charge on any atom is -0.480 e. The van der Waals surface area contributed by atoms with E-state index >= 15 is 0 Å². The number of aliphatic carboxylic acids is 1. The van der Waals surface area contributed by atoms with E-state index in [0.29, 0.717) is 0 Å². The topological polar surface area (TPSA) is 49.3 Å². The minimum absolute atomic E-state index is 0.568. The fourth-order valence-corrected chi connectivity index (χ4v) is 3.18. The highest BCUT2D eigenvalue weighted by Crippen LogP contribution is 2.37. The van der Waals surface area contributed by atoms with Crippen molar-refractivity contribution in [2.75, 3.05) is 5.32 Å². The molecule has 0 aliphatic carbocycles. The van der Waals surface area contributed by atoms with Crippen LogP contribution in [0, 0.1) is 13.8 Å². The average molecular weight is 249 g/mol. The van der Waals surface area contributed by atoms with Crippen molar-refractivity contribution < 1.29 is 9.90 Å². The third-order valence-electron chi connectivity index (χ3n) is 2.88. The lowest BCUT2D eigenvalue weighted by molar-refractivity contribution is -0.137. The standard InChI is InChI=1S/C13H15NO2S/c1-7-5-4-6-10-11(7)8(2)12(17-10)14-9(3)13(15)16/h4-6,9,14H,1-3H3,(H,15,16). The summed E-state index contributed by atoms with van der Waals surface area (Å²) in [6.07, 6.45) is 0. The van der Waals surface area contributed by atoms with E-state index in [4.69, 9.17) is 5.11 Å². The van der Waals surface area contributed by atoms with E-state index < -0.39 is 12.0 Å². The number of aryl methyl sites for hydroxylation is 2. The van der Waals surface area contributed by atoms with Gasteiger partial charge in [0.1, 0.15) is 6.04 Å². The van der Waals surface area contributed by atoms with Crippen LogP contribution in [0.3, 0.4) is 0 Å². The molecule has 0 aliphatic rings. The number of carboxylic acid groups (broad SMARTS) is 1. The maximum Gasteiger partial charge on any atom is 0.325 e. The molecule has 1 aromatic carbocycles. The number of rotatable bonds is 3. The van der Waals surface area contributed by atoms with Gasteiger partial charge in [0.25, 0.3) is 0 Å². The van der Waals surface area contributed by atoms with E-state index in [1.165, 1.54) is 15.6 Å². The zero-order valence-electron chi connectivity index (χ0n) is 10.1. The molecular weight excluding hydrogens is 234 g/mol. The van der Waals surface area contributed by atoms with Crippen molar-refractivity contribution in [2.45, 2.75) is 26.8 Å². The van der Waals surface area contributed by atoms with Crippen LogP contribution in [0.25, 0.3) is 10.1 Å². The summed E-state index contributed by atoms with van der Waals surface area (Å²) in [4.78, 5) is 10.8. The number of nitrogens with one attached hydrogen (secondary N) is 1. The minimum atomic E-state index is -0.835. The SMILES string of the molecule is Cc1cccc2sc(NC(C)C(=O)O)c(C)c12. The molecule has 1 heterocycles. The molecule has 2 N–H and O–H groups in total. The van der Waals surface area contributed by atoms with Crippen molar-refractivity contribution in [3.63, 3.8) is 0 Å². The van der Waals surface area contributed by atoms with E-state index in [0.717, 1.165) is 10.6 Å². The van der Waals surface area contributed by atoms with Crippen molar-refractivity contribution in [1.29, 1.82) is 0 Å². The fourth-order valence-electron chi connectivity index (χ4n) is 1.90. The van der Waals surface area contributed by atoms with E-state index in [-0.39, 0.29) is 0 Å². The highest BCUT2D eigenvalue weighted by molar-refractivity contribution is 7.23. The van der Waals surface area contributed by atoms with Crippen LogP contribution in [0.4, 0.5) is 5.00 Å². The summed E-state index contributed by atoms with van der Waals surface area (Å²) in [6, 6.07) is 5.60. The number of hydrogen-bond acceptors (Lipinski definition) is 3. The quantitative estimate of drug-likeness (QED) is 0.876. The van der Waals surface area contributed by atoms with Crippen molar-refractivity contribution in [2.24, 2.45) is 0 Å². The Morgan fingerprint density at radius 1 is 1.41 bits per heavy atom. The molecule has 0 saturated heterocycles. The molecule has 2 rings (SSSR count). The van der Waals surface area contributed by atoms with Crippen LogP contribution in [0.2, 0.25) is 0 Å². The number of hydrogen-bond donors (Lipinski definition) is 2. The third-order valence-corrected chi connectivity index (χ3v) is 4.07. The molecule has 2 aromatic rings. The van der Waals surface area contributed by atoms with Gasteiger partial charge in [0.15, 0.2) is 0 Å². The van der Waals surface area contributed by atoms with Crippen LogP contribution in [0.15, 0.2) is 18.2 Å². The molecule has 1 unspecified atom stereocenters. The van der Waals surface area contributed by atoms with E-state index in [1.54, 1.807) is 18.3 Å². The summed E-state index contributed by atoms with van der Waals surface area (Å²) < 4.78 is 1.20. The highest BCUT2D eigenvalue weighted by Gasteiger charge is 2.15. The summed E-state index contributed by atoms with van der Waals surface area (Å²) in [7, 11) is 0. The molecule has 1 aromatic heterocycles. The Kier molecular flexibility index (Phi) is 3.07. The molecule has 0 amide bonds. The molecule has 1 atom stereocenters. The first-order valence-electron chi connectivity index (χ1n) is 5.48. The first-order chi connectivity index (χ1) is 8.00. The number of anilines is 1. The smallest absolute Gasteiger partial charge is 0.325 e. The second kappa shape index (κ2) is 4.37. The normalized spacial score (nSPS) is 12.6. The third kappa shape index (κ3) is 2.13. The van der Waals surface area contributed by atoms with E-state index in [9.17, 15) is 4.79 Å². The molecule has 4 heteroatoms. The van der Waals surface area contributed by atoms with Gasteiger partial charge in [-0.05, 0) is 38.0 Å². The van der Waals surface area contributed by atoms with Crippen molar-refractivity contribution in [3.8, 4) is 0 Å². The monoisotopic (exact) mass is 249 g/mol. The second-order valence-corrected chi connectivity index (χ2v) is 5.26. The second-order valence-electron chi connectivity index (χ2n) is 4.21. The molecule has 0 fully saturated rings. The van der Waals surface area contributed by atoms with Crippen molar-refractivity contribution in [1.82, 2.24) is 0 Å². The lowest BCUT2D eigenvalue weighted by atomic mass is 10.1. The molecule has 0 aliphatic heterocycles. The Labute approximate surface area is 104 Å². The Bertz CT molecular complexity index is 574. The predicted octanol–water partition coefficient (Wildman–Crippen LogP) is 3.40. The fraction of sp³-hybridized carbons (Fsp3) is 0.308. The summed E-state index contributed by atoms with van der Waals surface area (Å²) in [5.74, 6) is -0.835.